The van der Waals surface area contributed by atoms with Crippen molar-refractivity contribution in [3.05, 3.63) is 11.1 Å². The Balaban J connectivity index is 2.46. The molecule has 0 unspecified atom stereocenters. The first kappa shape index (κ1) is 13.3. The Morgan fingerprint density at radius 3 is 3.06 bits per heavy atom. The number of aromatic nitrogens is 1. The number of rotatable bonds is 7. The fourth-order valence-corrected chi connectivity index (χ4v) is 2.45. The van der Waals surface area contributed by atoms with Crippen molar-refractivity contribution in [3.8, 4) is 0 Å². The van der Waals surface area contributed by atoms with Crippen molar-refractivity contribution in [2.24, 2.45) is 0 Å². The lowest BCUT2D eigenvalue weighted by Crippen LogP contribution is -2.19. The van der Waals surface area contributed by atoms with Crippen LogP contribution in [0.15, 0.2) is 5.38 Å². The third kappa shape index (κ3) is 4.40. The summed E-state index contributed by atoms with van der Waals surface area (Å²) in [6.45, 7) is 0.965. The second-order valence-electron chi connectivity index (χ2n) is 3.43. The second kappa shape index (κ2) is 6.75. The number of thiazole rings is 1. The van der Waals surface area contributed by atoms with Crippen molar-refractivity contribution < 1.29 is 9.90 Å². The summed E-state index contributed by atoms with van der Waals surface area (Å²) >= 11 is 3.38. The van der Waals surface area contributed by atoms with Crippen LogP contribution in [0.4, 0.5) is 5.13 Å². The molecule has 1 heterocycles. The number of carboxylic acid groups (broad SMARTS) is 1. The minimum atomic E-state index is -0.773. The molecule has 90 valence electrons. The van der Waals surface area contributed by atoms with Crippen LogP contribution < -0.4 is 4.90 Å². The second-order valence-corrected chi connectivity index (χ2v) is 5.25. The molecular weight excluding hydrogens is 244 g/mol. The zero-order valence-corrected chi connectivity index (χ0v) is 11.1. The molecule has 0 amide bonds. The normalized spacial score (nSPS) is 10.4. The quantitative estimate of drug-likeness (QED) is 0.812. The Morgan fingerprint density at radius 2 is 2.44 bits per heavy atom. The van der Waals surface area contributed by atoms with E-state index in [1.165, 1.54) is 0 Å². The van der Waals surface area contributed by atoms with Gasteiger partial charge < -0.3 is 10.0 Å². The molecule has 0 atom stereocenters. The van der Waals surface area contributed by atoms with E-state index in [0.29, 0.717) is 6.42 Å². The smallest absolute Gasteiger partial charge is 0.303 e. The average Bonchev–Trinajstić information content (AvgIpc) is 2.71. The van der Waals surface area contributed by atoms with E-state index in [0.717, 1.165) is 23.1 Å². The summed E-state index contributed by atoms with van der Waals surface area (Å²) < 4.78 is 0. The number of hydrogen-bond acceptors (Lipinski definition) is 5. The molecule has 0 bridgehead atoms. The number of aliphatic carboxylic acids is 1. The van der Waals surface area contributed by atoms with E-state index in [2.05, 4.69) is 16.1 Å². The predicted molar refractivity (Wildman–Crippen MR) is 69.7 cm³/mol. The molecule has 1 aromatic heterocycles. The van der Waals surface area contributed by atoms with Gasteiger partial charge in [0.2, 0.25) is 0 Å². The Labute approximate surface area is 104 Å². The summed E-state index contributed by atoms with van der Waals surface area (Å²) in [4.78, 5) is 16.9. The van der Waals surface area contributed by atoms with Gasteiger partial charge in [-0.05, 0) is 6.26 Å². The van der Waals surface area contributed by atoms with E-state index in [1.54, 1.807) is 23.1 Å². The number of aryl methyl sites for hydroxylation is 1. The molecule has 0 aliphatic heterocycles. The number of thioether (sulfide) groups is 1. The van der Waals surface area contributed by atoms with E-state index in [-0.39, 0.29) is 6.42 Å². The van der Waals surface area contributed by atoms with Gasteiger partial charge in [0.05, 0.1) is 12.1 Å². The highest BCUT2D eigenvalue weighted by Crippen LogP contribution is 2.20. The largest absolute Gasteiger partial charge is 0.481 e. The minimum Gasteiger partial charge on any atom is -0.481 e. The van der Waals surface area contributed by atoms with Gasteiger partial charge in [0.25, 0.3) is 0 Å². The zero-order valence-electron chi connectivity index (χ0n) is 9.47. The van der Waals surface area contributed by atoms with Gasteiger partial charge in [-0.25, -0.2) is 4.98 Å². The van der Waals surface area contributed by atoms with Crippen LogP contribution in [0, 0.1) is 0 Å². The molecule has 0 aliphatic rings. The molecule has 6 heteroatoms. The maximum Gasteiger partial charge on any atom is 0.303 e. The van der Waals surface area contributed by atoms with E-state index >= 15 is 0 Å². The third-order valence-electron chi connectivity index (χ3n) is 2.09. The topological polar surface area (TPSA) is 53.4 Å². The van der Waals surface area contributed by atoms with Gasteiger partial charge >= 0.3 is 5.97 Å². The van der Waals surface area contributed by atoms with Crippen LogP contribution in [0.25, 0.3) is 0 Å². The monoisotopic (exact) mass is 260 g/mol. The van der Waals surface area contributed by atoms with Crippen LogP contribution in [0.3, 0.4) is 0 Å². The average molecular weight is 260 g/mol. The molecule has 0 saturated heterocycles. The summed E-state index contributed by atoms with van der Waals surface area (Å²) in [5, 5.41) is 11.5. The third-order valence-corrected chi connectivity index (χ3v) is 3.69. The first-order valence-corrected chi connectivity index (χ1v) is 7.27. The lowest BCUT2D eigenvalue weighted by Gasteiger charge is -2.14. The molecular formula is C10H16N2O2S2. The molecule has 4 nitrogen and oxygen atoms in total. The molecule has 0 aromatic carbocycles. The van der Waals surface area contributed by atoms with Gasteiger partial charge in [0.15, 0.2) is 5.13 Å². The highest BCUT2D eigenvalue weighted by Gasteiger charge is 2.07. The van der Waals surface area contributed by atoms with Gasteiger partial charge in [-0.15, -0.1) is 11.3 Å². The van der Waals surface area contributed by atoms with E-state index in [9.17, 15) is 4.79 Å². The SMILES string of the molecule is CSCCN(C)c1nc(CCC(=O)O)cs1. The van der Waals surface area contributed by atoms with Gasteiger partial charge in [-0.2, -0.15) is 11.8 Å². The van der Waals surface area contributed by atoms with Crippen LogP contribution in [0.1, 0.15) is 12.1 Å². The highest BCUT2D eigenvalue weighted by molar-refractivity contribution is 7.98. The number of hydrogen-bond donors (Lipinski definition) is 1. The molecule has 0 aliphatic carbocycles. The van der Waals surface area contributed by atoms with Gasteiger partial charge in [-0.3, -0.25) is 4.79 Å². The van der Waals surface area contributed by atoms with Crippen molar-refractivity contribution in [3.63, 3.8) is 0 Å². The number of carbonyl (C=O) groups is 1. The molecule has 0 radical (unpaired) electrons. The summed E-state index contributed by atoms with van der Waals surface area (Å²) in [7, 11) is 2.01. The summed E-state index contributed by atoms with van der Waals surface area (Å²) in [6, 6.07) is 0. The number of carboxylic acids is 1. The van der Waals surface area contributed by atoms with Crippen molar-refractivity contribution >= 4 is 34.2 Å². The van der Waals surface area contributed by atoms with Crippen LogP contribution in [0.2, 0.25) is 0 Å². The van der Waals surface area contributed by atoms with Crippen molar-refractivity contribution in [2.75, 3.05) is 30.5 Å². The standard InChI is InChI=1S/C10H16N2O2S2/c1-12(5-6-15-2)10-11-8(7-16-10)3-4-9(13)14/h7H,3-6H2,1-2H3,(H,13,14). The Bertz CT molecular complexity index is 341. The lowest BCUT2D eigenvalue weighted by atomic mass is 10.2. The summed E-state index contributed by atoms with van der Waals surface area (Å²) in [6.07, 6.45) is 2.74. The first-order valence-electron chi connectivity index (χ1n) is 4.99. The Morgan fingerprint density at radius 1 is 1.69 bits per heavy atom. The predicted octanol–water partition coefficient (Wildman–Crippen LogP) is 1.96. The Kier molecular flexibility index (Phi) is 5.62. The maximum absolute atomic E-state index is 10.4. The molecule has 1 N–H and O–H groups in total. The van der Waals surface area contributed by atoms with Crippen molar-refractivity contribution in [2.45, 2.75) is 12.8 Å². The van der Waals surface area contributed by atoms with E-state index in [1.807, 2.05) is 12.4 Å². The van der Waals surface area contributed by atoms with E-state index < -0.39 is 5.97 Å². The molecule has 1 rings (SSSR count). The molecule has 0 spiro atoms. The van der Waals surface area contributed by atoms with Gasteiger partial charge in [0, 0.05) is 31.1 Å². The molecule has 0 saturated carbocycles. The van der Waals surface area contributed by atoms with Gasteiger partial charge in [-0.1, -0.05) is 0 Å². The molecule has 1 aromatic rings. The Hall–Kier alpha value is -0.750. The van der Waals surface area contributed by atoms with Crippen LogP contribution in [-0.2, 0) is 11.2 Å². The van der Waals surface area contributed by atoms with Crippen molar-refractivity contribution in [1.29, 1.82) is 0 Å². The van der Waals surface area contributed by atoms with Crippen LogP contribution in [0.5, 0.6) is 0 Å². The summed E-state index contributed by atoms with van der Waals surface area (Å²) in [5.74, 6) is 0.297. The zero-order chi connectivity index (χ0) is 12.0. The lowest BCUT2D eigenvalue weighted by molar-refractivity contribution is -0.136. The first-order chi connectivity index (χ1) is 7.63. The number of nitrogens with zero attached hydrogens (tertiary/aromatic N) is 2. The molecule has 16 heavy (non-hydrogen) atoms. The summed E-state index contributed by atoms with van der Waals surface area (Å²) in [5.41, 5.74) is 0.874. The van der Waals surface area contributed by atoms with E-state index in [4.69, 9.17) is 5.11 Å². The van der Waals surface area contributed by atoms with Crippen LogP contribution in [-0.4, -0.2) is 41.7 Å². The van der Waals surface area contributed by atoms with Gasteiger partial charge in [0.1, 0.15) is 0 Å². The fourth-order valence-electron chi connectivity index (χ4n) is 1.15. The maximum atomic E-state index is 10.4. The fraction of sp³-hybridized carbons (Fsp3) is 0.600. The number of anilines is 1. The van der Waals surface area contributed by atoms with Crippen LogP contribution >= 0.6 is 23.1 Å². The minimum absolute atomic E-state index is 0.150. The highest BCUT2D eigenvalue weighted by atomic mass is 32.2. The molecule has 0 fully saturated rings. The van der Waals surface area contributed by atoms with Crippen molar-refractivity contribution in [1.82, 2.24) is 4.98 Å².